The second-order valence-corrected chi connectivity index (χ2v) is 5.75. The quantitative estimate of drug-likeness (QED) is 0.691. The minimum absolute atomic E-state index is 0.183. The molecular formula is C15H23N3O5. The standard InChI is InChI=1S/C15H23N3O5/c1-3-4-5-12(20)16-11-6-7-18(15(22)17-11)14-9(2)13(21)10(8-19)23-14/h6-7,9-10,13-14,19,21H,3-5,8H2,1-2H3,(H,16,17,20,22)/t9?,10-,13-,14?/m1/s1. The lowest BCUT2D eigenvalue weighted by Crippen LogP contribution is -2.31. The fraction of sp³-hybridized carbons (Fsp3) is 0.667. The number of rotatable bonds is 6. The highest BCUT2D eigenvalue weighted by Gasteiger charge is 2.41. The molecule has 0 radical (unpaired) electrons. The smallest absolute Gasteiger partial charge is 0.351 e. The Labute approximate surface area is 134 Å². The Morgan fingerprint density at radius 3 is 2.83 bits per heavy atom. The van der Waals surface area contributed by atoms with E-state index in [2.05, 4.69) is 10.3 Å². The van der Waals surface area contributed by atoms with Gasteiger partial charge in [0.15, 0.2) is 0 Å². The van der Waals surface area contributed by atoms with Gasteiger partial charge in [0.2, 0.25) is 5.91 Å². The van der Waals surface area contributed by atoms with E-state index in [0.717, 1.165) is 12.8 Å². The molecule has 1 fully saturated rings. The zero-order valence-electron chi connectivity index (χ0n) is 13.3. The van der Waals surface area contributed by atoms with Crippen molar-refractivity contribution in [1.82, 2.24) is 9.55 Å². The molecule has 0 bridgehead atoms. The van der Waals surface area contributed by atoms with Crippen LogP contribution in [0.3, 0.4) is 0 Å². The number of hydrogen-bond acceptors (Lipinski definition) is 6. The highest BCUT2D eigenvalue weighted by molar-refractivity contribution is 5.89. The molecule has 1 aliphatic heterocycles. The van der Waals surface area contributed by atoms with Crippen LogP contribution in [0.15, 0.2) is 17.1 Å². The normalized spacial score (nSPS) is 27.1. The molecule has 128 valence electrons. The average molecular weight is 325 g/mol. The minimum atomic E-state index is -0.856. The van der Waals surface area contributed by atoms with E-state index in [9.17, 15) is 14.7 Å². The van der Waals surface area contributed by atoms with E-state index in [1.807, 2.05) is 6.92 Å². The van der Waals surface area contributed by atoms with Gasteiger partial charge in [-0.05, 0) is 12.5 Å². The predicted octanol–water partition coefficient (Wildman–Crippen LogP) is 0.259. The number of amides is 1. The van der Waals surface area contributed by atoms with Crippen molar-refractivity contribution in [3.8, 4) is 0 Å². The van der Waals surface area contributed by atoms with Crippen LogP contribution < -0.4 is 11.0 Å². The second-order valence-electron chi connectivity index (χ2n) is 5.75. The van der Waals surface area contributed by atoms with Crippen molar-refractivity contribution in [3.05, 3.63) is 22.7 Å². The molecule has 8 nitrogen and oxygen atoms in total. The van der Waals surface area contributed by atoms with Gasteiger partial charge in [-0.15, -0.1) is 0 Å². The van der Waals surface area contributed by atoms with Crippen LogP contribution in [0.1, 0.15) is 39.3 Å². The van der Waals surface area contributed by atoms with Gasteiger partial charge in [0.25, 0.3) is 0 Å². The van der Waals surface area contributed by atoms with Crippen molar-refractivity contribution in [2.24, 2.45) is 5.92 Å². The van der Waals surface area contributed by atoms with Crippen molar-refractivity contribution in [2.45, 2.75) is 51.5 Å². The molecule has 1 aliphatic rings. The van der Waals surface area contributed by atoms with Gasteiger partial charge < -0.3 is 20.3 Å². The van der Waals surface area contributed by atoms with Crippen molar-refractivity contribution < 1.29 is 19.7 Å². The van der Waals surface area contributed by atoms with Gasteiger partial charge in [0, 0.05) is 18.5 Å². The number of nitrogens with zero attached hydrogens (tertiary/aromatic N) is 2. The summed E-state index contributed by atoms with van der Waals surface area (Å²) < 4.78 is 6.77. The number of nitrogens with one attached hydrogen (secondary N) is 1. The molecule has 2 unspecified atom stereocenters. The lowest BCUT2D eigenvalue weighted by atomic mass is 10.0. The topological polar surface area (TPSA) is 114 Å². The van der Waals surface area contributed by atoms with Gasteiger partial charge in [0.1, 0.15) is 18.1 Å². The third kappa shape index (κ3) is 3.95. The lowest BCUT2D eigenvalue weighted by molar-refractivity contribution is -0.116. The van der Waals surface area contributed by atoms with Crippen LogP contribution in [0.4, 0.5) is 5.82 Å². The molecule has 0 aliphatic carbocycles. The average Bonchev–Trinajstić information content (AvgIpc) is 2.81. The summed E-state index contributed by atoms with van der Waals surface area (Å²) in [4.78, 5) is 27.6. The molecule has 1 aromatic rings. The number of aromatic nitrogens is 2. The van der Waals surface area contributed by atoms with E-state index in [1.165, 1.54) is 16.8 Å². The number of anilines is 1. The lowest BCUT2D eigenvalue weighted by Gasteiger charge is -2.18. The van der Waals surface area contributed by atoms with Gasteiger partial charge in [-0.2, -0.15) is 4.98 Å². The molecule has 0 aromatic carbocycles. The Balaban J connectivity index is 2.11. The summed E-state index contributed by atoms with van der Waals surface area (Å²) in [6.45, 7) is 3.40. The Bertz CT molecular complexity index is 603. The number of aliphatic hydroxyl groups excluding tert-OH is 2. The third-order valence-corrected chi connectivity index (χ3v) is 3.99. The SMILES string of the molecule is CCCCC(=O)Nc1ccn(C2O[C@H](CO)[C@H](O)C2C)c(=O)n1. The number of carbonyl (C=O) groups is 1. The summed E-state index contributed by atoms with van der Waals surface area (Å²) in [5.74, 6) is -0.355. The first-order valence-corrected chi connectivity index (χ1v) is 7.81. The van der Waals surface area contributed by atoms with Crippen LogP contribution in [0, 0.1) is 5.92 Å². The van der Waals surface area contributed by atoms with E-state index in [4.69, 9.17) is 9.84 Å². The monoisotopic (exact) mass is 325 g/mol. The molecule has 0 saturated carbocycles. The molecule has 1 aromatic heterocycles. The molecule has 2 rings (SSSR count). The highest BCUT2D eigenvalue weighted by atomic mass is 16.5. The number of carbonyl (C=O) groups excluding carboxylic acids is 1. The van der Waals surface area contributed by atoms with Crippen molar-refractivity contribution in [1.29, 1.82) is 0 Å². The summed E-state index contributed by atoms with van der Waals surface area (Å²) in [5, 5.41) is 21.7. The predicted molar refractivity (Wildman–Crippen MR) is 82.8 cm³/mol. The molecule has 8 heteroatoms. The van der Waals surface area contributed by atoms with Crippen molar-refractivity contribution >= 4 is 11.7 Å². The Morgan fingerprint density at radius 1 is 1.52 bits per heavy atom. The zero-order chi connectivity index (χ0) is 17.0. The van der Waals surface area contributed by atoms with Crippen molar-refractivity contribution in [3.63, 3.8) is 0 Å². The Morgan fingerprint density at radius 2 is 2.26 bits per heavy atom. The largest absolute Gasteiger partial charge is 0.394 e. The van der Waals surface area contributed by atoms with E-state index in [0.29, 0.717) is 6.42 Å². The number of hydrogen-bond donors (Lipinski definition) is 3. The van der Waals surface area contributed by atoms with Gasteiger partial charge in [-0.1, -0.05) is 20.3 Å². The number of unbranched alkanes of at least 4 members (excludes halogenated alkanes) is 1. The van der Waals surface area contributed by atoms with Gasteiger partial charge in [-0.25, -0.2) is 4.79 Å². The van der Waals surface area contributed by atoms with Crippen LogP contribution in [0.5, 0.6) is 0 Å². The van der Waals surface area contributed by atoms with Crippen molar-refractivity contribution in [2.75, 3.05) is 11.9 Å². The van der Waals surface area contributed by atoms with Gasteiger partial charge in [-0.3, -0.25) is 9.36 Å². The third-order valence-electron chi connectivity index (χ3n) is 3.99. The van der Waals surface area contributed by atoms with Crippen LogP contribution in [-0.4, -0.2) is 44.5 Å². The molecule has 1 amide bonds. The summed E-state index contributed by atoms with van der Waals surface area (Å²) in [7, 11) is 0. The Hall–Kier alpha value is -1.77. The first-order valence-electron chi connectivity index (χ1n) is 7.81. The van der Waals surface area contributed by atoms with Crippen LogP contribution >= 0.6 is 0 Å². The molecule has 3 N–H and O–H groups in total. The van der Waals surface area contributed by atoms with E-state index in [1.54, 1.807) is 6.92 Å². The Kier molecular flexibility index (Phi) is 5.86. The zero-order valence-corrected chi connectivity index (χ0v) is 13.3. The van der Waals surface area contributed by atoms with E-state index < -0.39 is 24.1 Å². The summed E-state index contributed by atoms with van der Waals surface area (Å²) >= 11 is 0. The molecule has 23 heavy (non-hydrogen) atoms. The first kappa shape index (κ1) is 17.6. The van der Waals surface area contributed by atoms with Crippen LogP contribution in [0.25, 0.3) is 0 Å². The molecule has 1 saturated heterocycles. The number of ether oxygens (including phenoxy) is 1. The van der Waals surface area contributed by atoms with Crippen LogP contribution in [0.2, 0.25) is 0 Å². The number of aliphatic hydroxyl groups is 2. The molecule has 4 atom stereocenters. The maximum Gasteiger partial charge on any atom is 0.351 e. The second kappa shape index (κ2) is 7.67. The highest BCUT2D eigenvalue weighted by Crippen LogP contribution is 2.33. The fourth-order valence-corrected chi connectivity index (χ4v) is 2.58. The maximum atomic E-state index is 12.1. The van der Waals surface area contributed by atoms with E-state index in [-0.39, 0.29) is 24.2 Å². The van der Waals surface area contributed by atoms with Gasteiger partial charge in [0.05, 0.1) is 12.7 Å². The molecule has 0 spiro atoms. The maximum absolute atomic E-state index is 12.1. The summed E-state index contributed by atoms with van der Waals surface area (Å²) in [6.07, 6.45) is 1.25. The first-order chi connectivity index (χ1) is 11.0. The minimum Gasteiger partial charge on any atom is -0.394 e. The van der Waals surface area contributed by atoms with Gasteiger partial charge >= 0.3 is 5.69 Å². The fourth-order valence-electron chi connectivity index (χ4n) is 2.58. The molecule has 2 heterocycles. The summed E-state index contributed by atoms with van der Waals surface area (Å²) in [5.41, 5.74) is -0.582. The van der Waals surface area contributed by atoms with Crippen LogP contribution in [-0.2, 0) is 9.53 Å². The van der Waals surface area contributed by atoms with E-state index >= 15 is 0 Å². The summed E-state index contributed by atoms with van der Waals surface area (Å²) in [6, 6.07) is 1.51. The molecular weight excluding hydrogens is 302 g/mol.